The monoisotopic (exact) mass is 861 g/mol. The van der Waals surface area contributed by atoms with E-state index in [1.807, 2.05) is 42.5 Å². The van der Waals surface area contributed by atoms with Gasteiger partial charge in [0.1, 0.15) is 11.2 Å². The van der Waals surface area contributed by atoms with Crippen LogP contribution in [0.2, 0.25) is 0 Å². The molecule has 9 aromatic carbocycles. The molecule has 0 saturated carbocycles. The molecule has 0 fully saturated rings. The SMILES string of the molecule is C=C(N=C(N=C(CC)c1cccc(-n2c3ccccc3c3cc(-c4ccc5c(c4)C(C)(C)c4ccc(-c6ccccc6)cc4-5)ccc32)c1)c1ccccc1)c1ccc2c(c1)oc1ccccc12. The van der Waals surface area contributed by atoms with Crippen LogP contribution < -0.4 is 0 Å². The number of fused-ring (bicyclic) bond motifs is 9. The van der Waals surface area contributed by atoms with E-state index in [0.717, 1.165) is 61.1 Å². The van der Waals surface area contributed by atoms with Gasteiger partial charge in [-0.1, -0.05) is 173 Å². The van der Waals surface area contributed by atoms with Gasteiger partial charge in [0, 0.05) is 49.5 Å². The van der Waals surface area contributed by atoms with E-state index in [0.29, 0.717) is 18.0 Å². The van der Waals surface area contributed by atoms with E-state index in [1.165, 1.54) is 55.3 Å². The highest BCUT2D eigenvalue weighted by atomic mass is 16.3. The Balaban J connectivity index is 0.909. The topological polar surface area (TPSA) is 42.8 Å². The largest absolute Gasteiger partial charge is 0.456 e. The second-order valence-electron chi connectivity index (χ2n) is 18.1. The van der Waals surface area contributed by atoms with E-state index < -0.39 is 0 Å². The number of furan rings is 1. The summed E-state index contributed by atoms with van der Waals surface area (Å²) in [7, 11) is 0. The molecule has 1 aliphatic carbocycles. The van der Waals surface area contributed by atoms with Crippen molar-refractivity contribution in [2.24, 2.45) is 9.98 Å². The van der Waals surface area contributed by atoms with Crippen molar-refractivity contribution in [1.82, 2.24) is 4.57 Å². The molecule has 67 heavy (non-hydrogen) atoms. The number of rotatable bonds is 8. The first-order valence-corrected chi connectivity index (χ1v) is 23.1. The van der Waals surface area contributed by atoms with Crippen molar-refractivity contribution in [3.05, 3.63) is 241 Å². The molecule has 0 N–H and O–H groups in total. The van der Waals surface area contributed by atoms with Gasteiger partial charge in [0.05, 0.1) is 16.7 Å². The van der Waals surface area contributed by atoms with Crippen molar-refractivity contribution in [3.63, 3.8) is 0 Å². The number of hydrogen-bond acceptors (Lipinski definition) is 2. The van der Waals surface area contributed by atoms with Crippen LogP contribution in [-0.4, -0.2) is 16.1 Å². The molecule has 2 aromatic heterocycles. The van der Waals surface area contributed by atoms with Crippen LogP contribution in [0.3, 0.4) is 0 Å². The van der Waals surface area contributed by atoms with Crippen LogP contribution in [0.25, 0.3) is 88.5 Å². The third-order valence-electron chi connectivity index (χ3n) is 13.8. The zero-order chi connectivity index (χ0) is 45.2. The molecule has 0 spiro atoms. The second-order valence-corrected chi connectivity index (χ2v) is 18.1. The van der Waals surface area contributed by atoms with Crippen molar-refractivity contribution in [1.29, 1.82) is 0 Å². The number of para-hydroxylation sites is 2. The predicted molar refractivity (Wildman–Crippen MR) is 282 cm³/mol. The Morgan fingerprint density at radius 2 is 1.15 bits per heavy atom. The molecular formula is C63H47N3O. The van der Waals surface area contributed by atoms with Crippen LogP contribution in [0.4, 0.5) is 0 Å². The Hall–Kier alpha value is -8.34. The molecule has 0 radical (unpaired) electrons. The summed E-state index contributed by atoms with van der Waals surface area (Å²) in [6.07, 6.45) is 0.708. The highest BCUT2D eigenvalue weighted by Gasteiger charge is 2.36. The summed E-state index contributed by atoms with van der Waals surface area (Å²) in [6, 6.07) is 73.6. The van der Waals surface area contributed by atoms with E-state index in [4.69, 9.17) is 14.4 Å². The summed E-state index contributed by atoms with van der Waals surface area (Å²) in [5.41, 5.74) is 19.7. The molecule has 0 amide bonds. The molecule has 12 rings (SSSR count). The molecule has 1 aliphatic rings. The number of aliphatic imine (C=N–C) groups is 2. The lowest BCUT2D eigenvalue weighted by atomic mass is 9.81. The van der Waals surface area contributed by atoms with Gasteiger partial charge >= 0.3 is 0 Å². The second kappa shape index (κ2) is 16.0. The Morgan fingerprint density at radius 3 is 1.99 bits per heavy atom. The van der Waals surface area contributed by atoms with Crippen LogP contribution in [-0.2, 0) is 5.41 Å². The maximum Gasteiger partial charge on any atom is 0.160 e. The molecule has 320 valence electrons. The van der Waals surface area contributed by atoms with Crippen molar-refractivity contribution in [3.8, 4) is 39.1 Å². The Labute approximate surface area is 390 Å². The first kappa shape index (κ1) is 40.2. The van der Waals surface area contributed by atoms with Gasteiger partial charge in [-0.05, 0) is 117 Å². The number of nitrogens with zero attached hydrogens (tertiary/aromatic N) is 3. The van der Waals surface area contributed by atoms with Gasteiger partial charge in [-0.2, -0.15) is 0 Å². The molecular weight excluding hydrogens is 815 g/mol. The maximum atomic E-state index is 6.22. The first-order chi connectivity index (χ1) is 32.8. The molecule has 2 heterocycles. The van der Waals surface area contributed by atoms with Gasteiger partial charge in [0.2, 0.25) is 0 Å². The quantitative estimate of drug-likeness (QED) is 0.111. The van der Waals surface area contributed by atoms with Crippen molar-refractivity contribution >= 4 is 61.0 Å². The van der Waals surface area contributed by atoms with Gasteiger partial charge in [0.15, 0.2) is 5.84 Å². The summed E-state index contributed by atoms with van der Waals surface area (Å²) in [4.78, 5) is 10.4. The van der Waals surface area contributed by atoms with Crippen LogP contribution >= 0.6 is 0 Å². The minimum absolute atomic E-state index is 0.117. The molecule has 4 heteroatoms. The van der Waals surface area contributed by atoms with Gasteiger partial charge in [-0.25, -0.2) is 9.98 Å². The maximum absolute atomic E-state index is 6.22. The smallest absolute Gasteiger partial charge is 0.160 e. The standard InChI is InChI=1S/C63H47N3O/c1-5-57(65-62(42-19-10-7-11-20-42)64-40(2)43-27-32-52-51-24-13-15-26-60(51)67-61(52)39-43)47-21-16-22-48(35-47)66-58-25-14-12-23-50(58)54-37-45(30-34-59(54)66)46-28-31-49-53-36-44(41-17-8-6-9-18-41)29-33-55(53)63(3,4)56(49)38-46/h6-39H,2,5H2,1,3-4H3. The fraction of sp³-hybridized carbons (Fsp3) is 0.0794. The summed E-state index contributed by atoms with van der Waals surface area (Å²) in [5.74, 6) is 0.609. The first-order valence-electron chi connectivity index (χ1n) is 23.1. The summed E-state index contributed by atoms with van der Waals surface area (Å²) in [6.45, 7) is 11.3. The fourth-order valence-corrected chi connectivity index (χ4v) is 10.3. The van der Waals surface area contributed by atoms with E-state index >= 15 is 0 Å². The molecule has 11 aromatic rings. The van der Waals surface area contributed by atoms with Gasteiger partial charge in [-0.3, -0.25) is 0 Å². The number of amidine groups is 1. The highest BCUT2D eigenvalue weighted by molar-refractivity contribution is 6.14. The van der Waals surface area contributed by atoms with E-state index in [2.05, 4.69) is 196 Å². The third-order valence-corrected chi connectivity index (χ3v) is 13.8. The molecule has 0 saturated heterocycles. The van der Waals surface area contributed by atoms with Crippen LogP contribution in [0.1, 0.15) is 55.0 Å². The van der Waals surface area contributed by atoms with Crippen molar-refractivity contribution < 1.29 is 4.42 Å². The number of hydrogen-bond donors (Lipinski definition) is 0. The Kier molecular flexibility index (Phi) is 9.58. The summed E-state index contributed by atoms with van der Waals surface area (Å²) in [5, 5.41) is 4.60. The van der Waals surface area contributed by atoms with Crippen LogP contribution in [0, 0.1) is 0 Å². The minimum Gasteiger partial charge on any atom is -0.456 e. The normalized spacial score (nSPS) is 13.4. The third kappa shape index (κ3) is 6.84. The van der Waals surface area contributed by atoms with E-state index in [9.17, 15) is 0 Å². The van der Waals surface area contributed by atoms with E-state index in [-0.39, 0.29) is 5.41 Å². The number of aromatic nitrogens is 1. The Morgan fingerprint density at radius 1 is 0.478 bits per heavy atom. The predicted octanol–water partition coefficient (Wildman–Crippen LogP) is 16.6. The van der Waals surface area contributed by atoms with Crippen LogP contribution in [0.15, 0.2) is 227 Å². The molecule has 0 bridgehead atoms. The van der Waals surface area contributed by atoms with Gasteiger partial charge < -0.3 is 8.98 Å². The van der Waals surface area contributed by atoms with Crippen molar-refractivity contribution in [2.75, 3.05) is 0 Å². The van der Waals surface area contributed by atoms with Crippen LogP contribution in [0.5, 0.6) is 0 Å². The fourth-order valence-electron chi connectivity index (χ4n) is 10.3. The van der Waals surface area contributed by atoms with Gasteiger partial charge in [-0.15, -0.1) is 0 Å². The van der Waals surface area contributed by atoms with Crippen molar-refractivity contribution in [2.45, 2.75) is 32.6 Å². The lowest BCUT2D eigenvalue weighted by molar-refractivity contribution is 0.660. The van der Waals surface area contributed by atoms with E-state index in [1.54, 1.807) is 0 Å². The summed E-state index contributed by atoms with van der Waals surface area (Å²) >= 11 is 0. The zero-order valence-electron chi connectivity index (χ0n) is 37.8. The number of benzene rings is 9. The molecule has 4 nitrogen and oxygen atoms in total. The highest BCUT2D eigenvalue weighted by Crippen LogP contribution is 2.51. The molecule has 0 atom stereocenters. The lowest BCUT2D eigenvalue weighted by Gasteiger charge is -2.22. The average Bonchev–Trinajstić information content (AvgIpc) is 4.00. The lowest BCUT2D eigenvalue weighted by Crippen LogP contribution is -2.15. The molecule has 0 unspecified atom stereocenters. The zero-order valence-corrected chi connectivity index (χ0v) is 37.8. The Bertz CT molecular complexity index is 3830. The minimum atomic E-state index is -0.117. The van der Waals surface area contributed by atoms with Gasteiger partial charge in [0.25, 0.3) is 0 Å². The summed E-state index contributed by atoms with van der Waals surface area (Å²) < 4.78 is 8.61. The average molecular weight is 862 g/mol. The molecule has 0 aliphatic heterocycles.